The molecule has 0 aliphatic heterocycles. The van der Waals surface area contributed by atoms with Crippen molar-refractivity contribution < 1.29 is 19.4 Å². The second kappa shape index (κ2) is 7.61. The molecule has 0 heterocycles. The van der Waals surface area contributed by atoms with Crippen molar-refractivity contribution in [3.8, 4) is 5.75 Å². The zero-order chi connectivity index (χ0) is 17.0. The molecule has 0 atom stereocenters. The fraction of sp³-hybridized carbons (Fsp3) is 0.125. The molecule has 2 rings (SSSR count). The fourth-order valence-electron chi connectivity index (χ4n) is 1.87. The quantitative estimate of drug-likeness (QED) is 0.711. The average molecular weight is 443 g/mol. The predicted molar refractivity (Wildman–Crippen MR) is 94.4 cm³/mol. The lowest BCUT2D eigenvalue weighted by atomic mass is 10.1. The van der Waals surface area contributed by atoms with Crippen molar-refractivity contribution in [1.82, 2.24) is 0 Å². The molecule has 0 unspecified atom stereocenters. The van der Waals surface area contributed by atoms with E-state index in [2.05, 4.69) is 37.2 Å². The maximum Gasteiger partial charge on any atom is 0.335 e. The van der Waals surface area contributed by atoms with E-state index in [1.807, 2.05) is 6.92 Å². The zero-order valence-electron chi connectivity index (χ0n) is 12.1. The van der Waals surface area contributed by atoms with Gasteiger partial charge < -0.3 is 15.2 Å². The van der Waals surface area contributed by atoms with Crippen LogP contribution in [0.15, 0.2) is 45.3 Å². The summed E-state index contributed by atoms with van der Waals surface area (Å²) in [5.41, 5.74) is 1.12. The highest BCUT2D eigenvalue weighted by Gasteiger charge is 2.14. The van der Waals surface area contributed by atoms with E-state index < -0.39 is 5.97 Å². The van der Waals surface area contributed by atoms with Crippen molar-refractivity contribution in [2.75, 3.05) is 11.9 Å². The standard InChI is InChI=1S/C16H13Br2NO4/c1-2-23-14-12(17)7-10(8-13(14)18)15(20)19-11-5-3-9(4-6-11)16(21)22/h3-8H,2H2,1H3,(H,19,20)(H,21,22). The van der Waals surface area contributed by atoms with Crippen LogP contribution in [0.5, 0.6) is 5.75 Å². The third-order valence-corrected chi connectivity index (χ3v) is 4.12. The first kappa shape index (κ1) is 17.5. The molecule has 0 aromatic heterocycles. The minimum Gasteiger partial charge on any atom is -0.492 e. The second-order valence-corrected chi connectivity index (χ2v) is 6.25. The third kappa shape index (κ3) is 4.33. The number of carbonyl (C=O) groups is 2. The number of carbonyl (C=O) groups excluding carboxylic acids is 1. The van der Waals surface area contributed by atoms with Crippen LogP contribution in [0.3, 0.4) is 0 Å². The molecule has 5 nitrogen and oxygen atoms in total. The Labute approximate surface area is 149 Å². The maximum absolute atomic E-state index is 12.3. The van der Waals surface area contributed by atoms with Crippen LogP contribution in [0.2, 0.25) is 0 Å². The van der Waals surface area contributed by atoms with Gasteiger partial charge in [-0.1, -0.05) is 0 Å². The molecule has 2 N–H and O–H groups in total. The van der Waals surface area contributed by atoms with Crippen molar-refractivity contribution in [3.63, 3.8) is 0 Å². The lowest BCUT2D eigenvalue weighted by Crippen LogP contribution is -2.12. The number of aromatic carboxylic acids is 1. The zero-order valence-corrected chi connectivity index (χ0v) is 15.3. The monoisotopic (exact) mass is 441 g/mol. The van der Waals surface area contributed by atoms with Crippen LogP contribution in [-0.4, -0.2) is 23.6 Å². The Morgan fingerprint density at radius 3 is 2.13 bits per heavy atom. The van der Waals surface area contributed by atoms with Gasteiger partial charge in [0.15, 0.2) is 0 Å². The highest BCUT2D eigenvalue weighted by Crippen LogP contribution is 2.35. The van der Waals surface area contributed by atoms with E-state index in [0.29, 0.717) is 32.6 Å². The summed E-state index contributed by atoms with van der Waals surface area (Å²) in [6.07, 6.45) is 0. The Bertz CT molecular complexity index is 721. The molecule has 7 heteroatoms. The van der Waals surface area contributed by atoms with Gasteiger partial charge in [-0.05, 0) is 75.2 Å². The molecule has 0 aliphatic carbocycles. The molecule has 2 aromatic carbocycles. The van der Waals surface area contributed by atoms with Crippen molar-refractivity contribution in [1.29, 1.82) is 0 Å². The van der Waals surface area contributed by atoms with Crippen LogP contribution in [-0.2, 0) is 0 Å². The molecule has 0 saturated carbocycles. The van der Waals surface area contributed by atoms with Crippen LogP contribution in [0, 0.1) is 0 Å². The number of ether oxygens (including phenoxy) is 1. The number of amides is 1. The van der Waals surface area contributed by atoms with Crippen LogP contribution in [0.1, 0.15) is 27.6 Å². The van der Waals surface area contributed by atoms with Crippen LogP contribution >= 0.6 is 31.9 Å². The predicted octanol–water partition coefficient (Wildman–Crippen LogP) is 4.56. The molecule has 0 aliphatic rings. The Morgan fingerprint density at radius 1 is 1.09 bits per heavy atom. The highest BCUT2D eigenvalue weighted by atomic mass is 79.9. The summed E-state index contributed by atoms with van der Waals surface area (Å²) in [6, 6.07) is 9.28. The van der Waals surface area contributed by atoms with Crippen molar-refractivity contribution in [2.45, 2.75) is 6.92 Å². The Hall–Kier alpha value is -1.86. The number of carboxylic acids is 1. The number of benzene rings is 2. The number of nitrogens with one attached hydrogen (secondary N) is 1. The topological polar surface area (TPSA) is 75.6 Å². The summed E-state index contributed by atoms with van der Waals surface area (Å²) in [4.78, 5) is 23.1. The fourth-order valence-corrected chi connectivity index (χ4v) is 3.29. The van der Waals surface area contributed by atoms with E-state index >= 15 is 0 Å². The number of anilines is 1. The Balaban J connectivity index is 2.19. The Morgan fingerprint density at radius 2 is 1.65 bits per heavy atom. The first-order valence-electron chi connectivity index (χ1n) is 6.69. The largest absolute Gasteiger partial charge is 0.492 e. The first-order valence-corrected chi connectivity index (χ1v) is 8.27. The number of halogens is 2. The van der Waals surface area contributed by atoms with E-state index in [1.165, 1.54) is 12.1 Å². The number of rotatable bonds is 5. The van der Waals surface area contributed by atoms with Gasteiger partial charge in [0.2, 0.25) is 0 Å². The highest BCUT2D eigenvalue weighted by molar-refractivity contribution is 9.11. The van der Waals surface area contributed by atoms with E-state index in [0.717, 1.165) is 0 Å². The van der Waals surface area contributed by atoms with Gasteiger partial charge in [0.05, 0.1) is 21.1 Å². The molecular formula is C16H13Br2NO4. The SMILES string of the molecule is CCOc1c(Br)cc(C(=O)Nc2ccc(C(=O)O)cc2)cc1Br. The maximum atomic E-state index is 12.3. The molecule has 0 saturated heterocycles. The summed E-state index contributed by atoms with van der Waals surface area (Å²) < 4.78 is 6.81. The van der Waals surface area contributed by atoms with Gasteiger partial charge >= 0.3 is 5.97 Å². The second-order valence-electron chi connectivity index (χ2n) is 4.54. The van der Waals surface area contributed by atoms with Gasteiger partial charge in [0.25, 0.3) is 5.91 Å². The van der Waals surface area contributed by atoms with E-state index in [1.54, 1.807) is 24.3 Å². The summed E-state index contributed by atoms with van der Waals surface area (Å²) >= 11 is 6.76. The molecule has 0 fully saturated rings. The minimum absolute atomic E-state index is 0.162. The average Bonchev–Trinajstić information content (AvgIpc) is 2.51. The van der Waals surface area contributed by atoms with Crippen molar-refractivity contribution in [2.24, 2.45) is 0 Å². The Kier molecular flexibility index (Phi) is 5.79. The molecule has 0 spiro atoms. The van der Waals surface area contributed by atoms with Gasteiger partial charge in [0.1, 0.15) is 5.75 Å². The molecule has 0 radical (unpaired) electrons. The molecule has 1 amide bonds. The summed E-state index contributed by atoms with van der Waals surface area (Å²) in [7, 11) is 0. The third-order valence-electron chi connectivity index (χ3n) is 2.94. The van der Waals surface area contributed by atoms with Crippen LogP contribution < -0.4 is 10.1 Å². The van der Waals surface area contributed by atoms with Gasteiger partial charge in [-0.3, -0.25) is 4.79 Å². The van der Waals surface area contributed by atoms with Crippen molar-refractivity contribution >= 4 is 49.4 Å². The number of hydrogen-bond acceptors (Lipinski definition) is 3. The lowest BCUT2D eigenvalue weighted by molar-refractivity contribution is 0.0696. The molecule has 2 aromatic rings. The number of carboxylic acid groups (broad SMARTS) is 1. The summed E-state index contributed by atoms with van der Waals surface area (Å²) in [6.45, 7) is 2.39. The first-order chi connectivity index (χ1) is 10.9. The molecule has 120 valence electrons. The van der Waals surface area contributed by atoms with Crippen LogP contribution in [0.25, 0.3) is 0 Å². The molecule has 23 heavy (non-hydrogen) atoms. The van der Waals surface area contributed by atoms with Crippen molar-refractivity contribution in [3.05, 3.63) is 56.5 Å². The number of hydrogen-bond donors (Lipinski definition) is 2. The lowest BCUT2D eigenvalue weighted by Gasteiger charge is -2.11. The van der Waals surface area contributed by atoms with E-state index in [4.69, 9.17) is 9.84 Å². The summed E-state index contributed by atoms with van der Waals surface area (Å²) in [5, 5.41) is 11.6. The smallest absolute Gasteiger partial charge is 0.335 e. The van der Waals surface area contributed by atoms with Gasteiger partial charge in [-0.2, -0.15) is 0 Å². The van der Waals surface area contributed by atoms with E-state index in [9.17, 15) is 9.59 Å². The molecular weight excluding hydrogens is 430 g/mol. The normalized spacial score (nSPS) is 10.2. The van der Waals surface area contributed by atoms with Crippen LogP contribution in [0.4, 0.5) is 5.69 Å². The summed E-state index contributed by atoms with van der Waals surface area (Å²) in [5.74, 6) is -0.686. The van der Waals surface area contributed by atoms with Gasteiger partial charge in [-0.25, -0.2) is 4.79 Å². The minimum atomic E-state index is -1.01. The van der Waals surface area contributed by atoms with Gasteiger partial charge in [0, 0.05) is 11.3 Å². The molecule has 0 bridgehead atoms. The van der Waals surface area contributed by atoms with Gasteiger partial charge in [-0.15, -0.1) is 0 Å². The van der Waals surface area contributed by atoms with E-state index in [-0.39, 0.29) is 11.5 Å².